The first kappa shape index (κ1) is 13.6. The van der Waals surface area contributed by atoms with Gasteiger partial charge in [-0.05, 0) is 36.6 Å². The Morgan fingerprint density at radius 1 is 1.22 bits per heavy atom. The summed E-state index contributed by atoms with van der Waals surface area (Å²) in [6.07, 6.45) is 0. The summed E-state index contributed by atoms with van der Waals surface area (Å²) in [5.41, 5.74) is 2.42. The van der Waals surface area contributed by atoms with Crippen molar-refractivity contribution in [3.8, 4) is 5.75 Å². The van der Waals surface area contributed by atoms with Gasteiger partial charge in [0.05, 0.1) is 11.9 Å². The van der Waals surface area contributed by atoms with Gasteiger partial charge in [0.2, 0.25) is 0 Å². The number of aryl methyl sites for hydroxylation is 2. The third-order valence-corrected chi connectivity index (χ3v) is 5.13. The Hall–Kier alpha value is -0.870. The molecule has 1 atom stereocenters. The Morgan fingerprint density at radius 3 is 2.33 bits per heavy atom. The molecule has 18 heavy (non-hydrogen) atoms. The van der Waals surface area contributed by atoms with E-state index in [2.05, 4.69) is 15.9 Å². The highest BCUT2D eigenvalue weighted by molar-refractivity contribution is 9.09. The predicted molar refractivity (Wildman–Crippen MR) is 77.5 cm³/mol. The minimum atomic E-state index is -0.123. The fourth-order valence-electron chi connectivity index (χ4n) is 1.86. The van der Waals surface area contributed by atoms with E-state index in [1.807, 2.05) is 23.6 Å². The minimum absolute atomic E-state index is 0.0735. The van der Waals surface area contributed by atoms with E-state index in [0.29, 0.717) is 11.1 Å². The van der Waals surface area contributed by atoms with Crippen LogP contribution < -0.4 is 4.74 Å². The molecular weight excluding hydrogens is 315 g/mol. The lowest BCUT2D eigenvalue weighted by molar-refractivity contribution is 0.416. The molecule has 96 valence electrons. The van der Waals surface area contributed by atoms with Crippen molar-refractivity contribution >= 4 is 27.3 Å². The molecule has 0 saturated carbocycles. The maximum atomic E-state index is 13.6. The van der Waals surface area contributed by atoms with E-state index in [9.17, 15) is 4.39 Å². The van der Waals surface area contributed by atoms with Crippen LogP contribution >= 0.6 is 27.3 Å². The van der Waals surface area contributed by atoms with Crippen LogP contribution in [0, 0.1) is 19.7 Å². The first-order valence-electron chi connectivity index (χ1n) is 5.56. The number of halogens is 2. The molecule has 0 aliphatic rings. The molecule has 1 aromatic heterocycles. The van der Waals surface area contributed by atoms with Gasteiger partial charge in [0.25, 0.3) is 0 Å². The molecule has 0 N–H and O–H groups in total. The maximum Gasteiger partial charge on any atom is 0.129 e. The molecule has 4 heteroatoms. The Morgan fingerprint density at radius 2 is 1.83 bits per heavy atom. The zero-order valence-electron chi connectivity index (χ0n) is 10.5. The first-order chi connectivity index (χ1) is 8.52. The second kappa shape index (κ2) is 5.41. The van der Waals surface area contributed by atoms with Crippen LogP contribution in [0.1, 0.15) is 26.4 Å². The maximum absolute atomic E-state index is 13.6. The van der Waals surface area contributed by atoms with Crippen LogP contribution in [0.2, 0.25) is 0 Å². The number of hydrogen-bond donors (Lipinski definition) is 0. The molecule has 0 bridgehead atoms. The van der Waals surface area contributed by atoms with Crippen LogP contribution in [-0.4, -0.2) is 7.11 Å². The molecule has 0 saturated heterocycles. The summed E-state index contributed by atoms with van der Waals surface area (Å²) in [4.78, 5) is 1.22. The summed E-state index contributed by atoms with van der Waals surface area (Å²) in [7, 11) is 1.65. The Labute approximate surface area is 119 Å². The van der Waals surface area contributed by atoms with E-state index in [1.54, 1.807) is 32.3 Å². The highest BCUT2D eigenvalue weighted by atomic mass is 79.9. The Kier molecular flexibility index (Phi) is 4.07. The normalized spacial score (nSPS) is 12.5. The van der Waals surface area contributed by atoms with Gasteiger partial charge >= 0.3 is 0 Å². The number of thiophene rings is 1. The molecule has 1 nitrogen and oxygen atoms in total. The third-order valence-electron chi connectivity index (χ3n) is 2.83. The smallest absolute Gasteiger partial charge is 0.129 e. The first-order valence-corrected chi connectivity index (χ1v) is 7.35. The van der Waals surface area contributed by atoms with Crippen molar-refractivity contribution < 1.29 is 9.13 Å². The van der Waals surface area contributed by atoms with E-state index < -0.39 is 0 Å². The summed E-state index contributed by atoms with van der Waals surface area (Å²) in [5, 5.41) is 1.97. The number of benzene rings is 1. The van der Waals surface area contributed by atoms with Gasteiger partial charge in [-0.1, -0.05) is 28.1 Å². The van der Waals surface area contributed by atoms with Gasteiger partial charge < -0.3 is 4.74 Å². The standard InChI is InChI=1S/C14H14BrFOS/c1-8-4-10(5-9(2)14(8)16)13(15)12-6-11(17-3)7-18-12/h4-7,13H,1-3H3. The average Bonchev–Trinajstić information content (AvgIpc) is 2.83. The number of rotatable bonds is 3. The summed E-state index contributed by atoms with van der Waals surface area (Å²) < 4.78 is 18.8. The van der Waals surface area contributed by atoms with Gasteiger partial charge in [-0.15, -0.1) is 11.3 Å². The second-order valence-corrected chi connectivity index (χ2v) is 6.08. The van der Waals surface area contributed by atoms with Crippen molar-refractivity contribution in [1.82, 2.24) is 0 Å². The van der Waals surface area contributed by atoms with Crippen LogP contribution in [0.3, 0.4) is 0 Å². The molecule has 0 spiro atoms. The van der Waals surface area contributed by atoms with Crippen molar-refractivity contribution in [3.05, 3.63) is 51.0 Å². The molecule has 0 aliphatic heterocycles. The van der Waals surface area contributed by atoms with E-state index in [0.717, 1.165) is 16.2 Å². The summed E-state index contributed by atoms with van der Waals surface area (Å²) in [6.45, 7) is 3.58. The van der Waals surface area contributed by atoms with Gasteiger partial charge in [-0.3, -0.25) is 0 Å². The number of alkyl halides is 1. The number of methoxy groups -OCH3 is 1. The monoisotopic (exact) mass is 328 g/mol. The van der Waals surface area contributed by atoms with E-state index in [-0.39, 0.29) is 10.6 Å². The molecule has 1 heterocycles. The van der Waals surface area contributed by atoms with Gasteiger partial charge in [0, 0.05) is 10.3 Å². The van der Waals surface area contributed by atoms with Gasteiger partial charge in [0.15, 0.2) is 0 Å². The van der Waals surface area contributed by atoms with Crippen LogP contribution in [0.25, 0.3) is 0 Å². The number of ether oxygens (including phenoxy) is 1. The molecular formula is C14H14BrFOS. The summed E-state index contributed by atoms with van der Waals surface area (Å²) in [6, 6.07) is 5.76. The van der Waals surface area contributed by atoms with E-state index in [1.165, 1.54) is 0 Å². The fourth-order valence-corrected chi connectivity index (χ4v) is 3.44. The summed E-state index contributed by atoms with van der Waals surface area (Å²) >= 11 is 5.29. The zero-order chi connectivity index (χ0) is 13.3. The van der Waals surface area contributed by atoms with Gasteiger partial charge in [-0.25, -0.2) is 4.39 Å². The van der Waals surface area contributed by atoms with Crippen LogP contribution in [0.5, 0.6) is 5.75 Å². The van der Waals surface area contributed by atoms with Crippen molar-refractivity contribution in [3.63, 3.8) is 0 Å². The minimum Gasteiger partial charge on any atom is -0.496 e. The van der Waals surface area contributed by atoms with Crippen molar-refractivity contribution in [2.24, 2.45) is 0 Å². The molecule has 2 aromatic rings. The average molecular weight is 329 g/mol. The highest BCUT2D eigenvalue weighted by Gasteiger charge is 2.15. The SMILES string of the molecule is COc1csc(C(Br)c2cc(C)c(F)c(C)c2)c1. The summed E-state index contributed by atoms with van der Waals surface area (Å²) in [5.74, 6) is 0.734. The topological polar surface area (TPSA) is 9.23 Å². The molecule has 0 amide bonds. The Balaban J connectivity index is 2.36. The molecule has 0 aliphatic carbocycles. The third kappa shape index (κ3) is 2.59. The molecule has 1 unspecified atom stereocenters. The van der Waals surface area contributed by atoms with E-state index in [4.69, 9.17) is 4.74 Å². The predicted octanol–water partition coefficient (Wildman–Crippen LogP) is 5.00. The fraction of sp³-hybridized carbons (Fsp3) is 0.286. The number of hydrogen-bond acceptors (Lipinski definition) is 2. The lowest BCUT2D eigenvalue weighted by Gasteiger charge is -2.11. The van der Waals surface area contributed by atoms with Crippen molar-refractivity contribution in [2.75, 3.05) is 7.11 Å². The van der Waals surface area contributed by atoms with Crippen LogP contribution in [-0.2, 0) is 0 Å². The van der Waals surface area contributed by atoms with Crippen LogP contribution in [0.4, 0.5) is 4.39 Å². The van der Waals surface area contributed by atoms with Gasteiger partial charge in [0.1, 0.15) is 11.6 Å². The highest BCUT2D eigenvalue weighted by Crippen LogP contribution is 2.37. The van der Waals surface area contributed by atoms with E-state index >= 15 is 0 Å². The zero-order valence-corrected chi connectivity index (χ0v) is 12.9. The lowest BCUT2D eigenvalue weighted by Crippen LogP contribution is -1.95. The Bertz CT molecular complexity index is 542. The molecule has 1 aromatic carbocycles. The quantitative estimate of drug-likeness (QED) is 0.720. The lowest BCUT2D eigenvalue weighted by atomic mass is 10.0. The second-order valence-electron chi connectivity index (χ2n) is 4.22. The molecule has 0 radical (unpaired) electrons. The van der Waals surface area contributed by atoms with Crippen molar-refractivity contribution in [1.29, 1.82) is 0 Å². The van der Waals surface area contributed by atoms with Crippen LogP contribution in [0.15, 0.2) is 23.6 Å². The van der Waals surface area contributed by atoms with Crippen molar-refractivity contribution in [2.45, 2.75) is 18.7 Å². The van der Waals surface area contributed by atoms with Gasteiger partial charge in [-0.2, -0.15) is 0 Å². The molecule has 0 fully saturated rings. The largest absolute Gasteiger partial charge is 0.496 e. The molecule has 2 rings (SSSR count).